The molecule has 23 heavy (non-hydrogen) atoms. The van der Waals surface area contributed by atoms with Crippen LogP contribution in [0.5, 0.6) is 0 Å². The Hall–Kier alpha value is -2.29. The molecule has 2 heterocycles. The van der Waals surface area contributed by atoms with Gasteiger partial charge in [-0.1, -0.05) is 29.5 Å². The number of aromatic nitrogens is 6. The van der Waals surface area contributed by atoms with Crippen LogP contribution in [-0.4, -0.2) is 29.8 Å². The fraction of sp³-hybridized carbons (Fsp3) is 0.286. The van der Waals surface area contributed by atoms with Crippen LogP contribution in [0.1, 0.15) is 23.5 Å². The average Bonchev–Trinajstić information content (AvgIpc) is 3.13. The highest BCUT2D eigenvalue weighted by Crippen LogP contribution is 2.25. The number of hydrogen-bond acceptors (Lipinski definition) is 5. The summed E-state index contributed by atoms with van der Waals surface area (Å²) in [6.45, 7) is 1.38. The average molecular weight is 336 g/mol. The maximum atomic E-state index is 12.8. The molecule has 3 rings (SSSR count). The van der Waals surface area contributed by atoms with Crippen LogP contribution in [0.2, 0.25) is 0 Å². The highest BCUT2D eigenvalue weighted by atomic mass is 32.2. The van der Waals surface area contributed by atoms with Gasteiger partial charge in [0.05, 0.1) is 11.4 Å². The van der Waals surface area contributed by atoms with Gasteiger partial charge in [-0.3, -0.25) is 4.57 Å². The molecule has 0 fully saturated rings. The molecule has 0 N–H and O–H groups in total. The largest absolute Gasteiger partial charge is 0.319 e. The van der Waals surface area contributed by atoms with Crippen LogP contribution in [0, 0.1) is 13.8 Å². The van der Waals surface area contributed by atoms with Crippen molar-refractivity contribution < 1.29 is 8.78 Å². The Balaban J connectivity index is 1.83. The summed E-state index contributed by atoms with van der Waals surface area (Å²) in [7, 11) is 0. The van der Waals surface area contributed by atoms with Crippen molar-refractivity contribution in [2.24, 2.45) is 0 Å². The Kier molecular flexibility index (Phi) is 4.37. The first-order chi connectivity index (χ1) is 11.1. The molecule has 0 saturated carbocycles. The number of thioether (sulfide) groups is 1. The minimum Gasteiger partial charge on any atom is -0.277 e. The van der Waals surface area contributed by atoms with Gasteiger partial charge in [0.1, 0.15) is 5.82 Å². The van der Waals surface area contributed by atoms with E-state index in [1.54, 1.807) is 4.68 Å². The minimum absolute atomic E-state index is 0.253. The number of halogens is 2. The molecule has 0 spiro atoms. The zero-order valence-corrected chi connectivity index (χ0v) is 13.3. The summed E-state index contributed by atoms with van der Waals surface area (Å²) in [5.41, 5.74) is 3.04. The summed E-state index contributed by atoms with van der Waals surface area (Å²) in [6, 6.07) is 5.95. The molecule has 0 aliphatic heterocycles. The Morgan fingerprint density at radius 2 is 2.09 bits per heavy atom. The van der Waals surface area contributed by atoms with Gasteiger partial charge in [-0.05, 0) is 35.9 Å². The van der Waals surface area contributed by atoms with Gasteiger partial charge in [0.15, 0.2) is 0 Å². The zero-order chi connectivity index (χ0) is 16.4. The van der Waals surface area contributed by atoms with Gasteiger partial charge in [-0.25, -0.2) is 4.98 Å². The molecular weight excluding hydrogens is 322 g/mol. The fourth-order valence-electron chi connectivity index (χ4n) is 2.23. The lowest BCUT2D eigenvalue weighted by Gasteiger charge is -2.09. The monoisotopic (exact) mass is 336 g/mol. The maximum absolute atomic E-state index is 12.8. The van der Waals surface area contributed by atoms with Gasteiger partial charge in [0, 0.05) is 12.4 Å². The van der Waals surface area contributed by atoms with E-state index in [-0.39, 0.29) is 11.6 Å². The van der Waals surface area contributed by atoms with Crippen molar-refractivity contribution >= 4 is 11.8 Å². The van der Waals surface area contributed by atoms with Crippen LogP contribution in [-0.2, 0) is 5.75 Å². The van der Waals surface area contributed by atoms with Gasteiger partial charge in [0.25, 0.3) is 0 Å². The smallest absolute Gasteiger partial charge is 0.277 e. The molecule has 2 aromatic heterocycles. The summed E-state index contributed by atoms with van der Waals surface area (Å²) in [6.07, 6.45) is 2.61. The molecule has 0 aliphatic rings. The van der Waals surface area contributed by atoms with E-state index in [4.69, 9.17) is 0 Å². The maximum Gasteiger partial charge on any atom is 0.319 e. The lowest BCUT2D eigenvalue weighted by atomic mass is 10.1. The number of aryl methyl sites for hydroxylation is 2. The first-order valence-electron chi connectivity index (χ1n) is 6.85. The van der Waals surface area contributed by atoms with Crippen LogP contribution in [0.3, 0.4) is 0 Å². The number of tetrazole rings is 1. The summed E-state index contributed by atoms with van der Waals surface area (Å²) in [4.78, 5) is 3.95. The van der Waals surface area contributed by atoms with Crippen molar-refractivity contribution in [1.82, 2.24) is 29.8 Å². The van der Waals surface area contributed by atoms with Crippen molar-refractivity contribution in [1.29, 1.82) is 0 Å². The number of nitrogens with zero attached hydrogens (tertiary/aromatic N) is 6. The number of alkyl halides is 2. The summed E-state index contributed by atoms with van der Waals surface area (Å²) in [5, 5.41) is 12.2. The standard InChI is InChI=1S/C14H14F2N6S/c1-9-3-4-11(10(2)7-9)22-14(18-19-20-22)23-8-12-17-5-6-21(12)13(15)16/h3-7,13H,8H2,1-2H3. The first kappa shape index (κ1) is 15.6. The van der Waals surface area contributed by atoms with E-state index >= 15 is 0 Å². The minimum atomic E-state index is -2.61. The molecule has 0 saturated heterocycles. The molecule has 120 valence electrons. The first-order valence-corrected chi connectivity index (χ1v) is 7.83. The lowest BCUT2D eigenvalue weighted by molar-refractivity contribution is 0.0678. The number of imidazole rings is 1. The zero-order valence-electron chi connectivity index (χ0n) is 12.5. The highest BCUT2D eigenvalue weighted by Gasteiger charge is 2.15. The Bertz CT molecular complexity index is 813. The molecule has 0 radical (unpaired) electrons. The third-order valence-electron chi connectivity index (χ3n) is 3.31. The normalized spacial score (nSPS) is 11.3. The number of hydrogen-bond donors (Lipinski definition) is 0. The molecule has 0 bridgehead atoms. The van der Waals surface area contributed by atoms with Crippen LogP contribution in [0.4, 0.5) is 8.78 Å². The van der Waals surface area contributed by atoms with E-state index in [1.165, 1.54) is 24.2 Å². The van der Waals surface area contributed by atoms with Crippen molar-refractivity contribution in [3.63, 3.8) is 0 Å². The highest BCUT2D eigenvalue weighted by molar-refractivity contribution is 7.98. The van der Waals surface area contributed by atoms with E-state index in [2.05, 4.69) is 20.5 Å². The van der Waals surface area contributed by atoms with Crippen LogP contribution in [0.25, 0.3) is 5.69 Å². The van der Waals surface area contributed by atoms with Gasteiger partial charge in [-0.15, -0.1) is 5.10 Å². The topological polar surface area (TPSA) is 61.4 Å². The molecule has 1 aromatic carbocycles. The molecule has 0 atom stereocenters. The van der Waals surface area contributed by atoms with Gasteiger partial charge in [0.2, 0.25) is 5.16 Å². The molecule has 3 aromatic rings. The van der Waals surface area contributed by atoms with Gasteiger partial charge in [-0.2, -0.15) is 13.5 Å². The molecule has 0 amide bonds. The third-order valence-corrected chi connectivity index (χ3v) is 4.23. The quantitative estimate of drug-likeness (QED) is 0.670. The Morgan fingerprint density at radius 3 is 2.83 bits per heavy atom. The van der Waals surface area contributed by atoms with E-state index in [1.807, 2.05) is 32.0 Å². The number of rotatable bonds is 5. The summed E-state index contributed by atoms with van der Waals surface area (Å²) >= 11 is 1.26. The van der Waals surface area contributed by atoms with E-state index < -0.39 is 6.55 Å². The van der Waals surface area contributed by atoms with E-state index in [0.717, 1.165) is 21.4 Å². The predicted octanol–water partition coefficient (Wildman–Crippen LogP) is 3.16. The SMILES string of the molecule is Cc1ccc(-n2nnnc2SCc2nccn2C(F)F)c(C)c1. The second-order valence-corrected chi connectivity index (χ2v) is 5.92. The second-order valence-electron chi connectivity index (χ2n) is 4.98. The molecule has 0 aliphatic carbocycles. The summed E-state index contributed by atoms with van der Waals surface area (Å²) in [5.74, 6) is 0.531. The lowest BCUT2D eigenvalue weighted by Crippen LogP contribution is -2.04. The van der Waals surface area contributed by atoms with E-state index in [9.17, 15) is 8.78 Å². The van der Waals surface area contributed by atoms with Crippen LogP contribution < -0.4 is 0 Å². The molecule has 6 nitrogen and oxygen atoms in total. The van der Waals surface area contributed by atoms with Crippen LogP contribution in [0.15, 0.2) is 35.7 Å². The Morgan fingerprint density at radius 1 is 1.26 bits per heavy atom. The van der Waals surface area contributed by atoms with E-state index in [0.29, 0.717) is 5.16 Å². The molecular formula is C14H14F2N6S. The van der Waals surface area contributed by atoms with Crippen molar-refractivity contribution in [3.8, 4) is 5.69 Å². The fourth-order valence-corrected chi connectivity index (χ4v) is 3.06. The third kappa shape index (κ3) is 3.24. The van der Waals surface area contributed by atoms with Crippen molar-refractivity contribution in [3.05, 3.63) is 47.5 Å². The summed E-state index contributed by atoms with van der Waals surface area (Å²) < 4.78 is 28.1. The second kappa shape index (κ2) is 6.45. The van der Waals surface area contributed by atoms with Gasteiger partial charge >= 0.3 is 6.55 Å². The number of benzene rings is 1. The van der Waals surface area contributed by atoms with Crippen LogP contribution >= 0.6 is 11.8 Å². The Labute approximate surface area is 135 Å². The van der Waals surface area contributed by atoms with Gasteiger partial charge < -0.3 is 0 Å². The predicted molar refractivity (Wildman–Crippen MR) is 81.7 cm³/mol. The van der Waals surface area contributed by atoms with Crippen molar-refractivity contribution in [2.45, 2.75) is 31.3 Å². The molecule has 0 unspecified atom stereocenters. The van der Waals surface area contributed by atoms with Crippen molar-refractivity contribution in [2.75, 3.05) is 0 Å². The molecule has 9 heteroatoms.